The molecule has 1 aliphatic carbocycles. The highest BCUT2D eigenvalue weighted by molar-refractivity contribution is 5.65. The van der Waals surface area contributed by atoms with E-state index in [1.807, 2.05) is 6.08 Å². The van der Waals surface area contributed by atoms with E-state index in [0.29, 0.717) is 6.61 Å². The van der Waals surface area contributed by atoms with Crippen LogP contribution in [0.25, 0.3) is 0 Å². The molecule has 0 amide bonds. The van der Waals surface area contributed by atoms with Crippen LogP contribution in [0.15, 0.2) is 12.7 Å². The second kappa shape index (κ2) is 4.45. The van der Waals surface area contributed by atoms with Crippen molar-refractivity contribution >= 4 is 5.97 Å². The third kappa shape index (κ3) is 2.87. The highest BCUT2D eigenvalue weighted by Crippen LogP contribution is 2.37. The van der Waals surface area contributed by atoms with Crippen molar-refractivity contribution in [1.29, 1.82) is 0 Å². The molecule has 2 nitrogen and oxygen atoms in total. The van der Waals surface area contributed by atoms with Crippen LogP contribution in [0.4, 0.5) is 0 Å². The Balaban J connectivity index is 2.47. The molecule has 13 heavy (non-hydrogen) atoms. The zero-order chi connectivity index (χ0) is 9.73. The summed E-state index contributed by atoms with van der Waals surface area (Å²) in [4.78, 5) is 10.7. The molecule has 0 aromatic heterocycles. The minimum Gasteiger partial charge on any atom is -0.465 e. The number of hydrogen-bond donors (Lipinski definition) is 0. The van der Waals surface area contributed by atoms with Crippen molar-refractivity contribution in [1.82, 2.24) is 0 Å². The minimum absolute atomic E-state index is 0.0733. The summed E-state index contributed by atoms with van der Waals surface area (Å²) < 4.78 is 5.07. The van der Waals surface area contributed by atoms with E-state index in [4.69, 9.17) is 4.74 Å². The first-order valence-corrected chi connectivity index (χ1v) is 4.95. The fraction of sp³-hybridized carbons (Fsp3) is 0.727. The highest BCUT2D eigenvalue weighted by Gasteiger charge is 2.29. The Labute approximate surface area is 80.0 Å². The number of carbonyl (C=O) groups excluding carboxylic acids is 1. The van der Waals surface area contributed by atoms with Crippen LogP contribution in [0.2, 0.25) is 0 Å². The number of carbonyl (C=O) groups is 1. The molecule has 1 rings (SSSR count). The molecule has 0 aromatic carbocycles. The average Bonchev–Trinajstić information content (AvgIpc) is 2.16. The lowest BCUT2D eigenvalue weighted by atomic mass is 9.75. The topological polar surface area (TPSA) is 26.3 Å². The van der Waals surface area contributed by atoms with E-state index in [9.17, 15) is 4.79 Å². The van der Waals surface area contributed by atoms with Gasteiger partial charge >= 0.3 is 5.97 Å². The van der Waals surface area contributed by atoms with Crippen LogP contribution in [0.5, 0.6) is 0 Å². The molecule has 0 saturated heterocycles. The molecule has 0 aromatic rings. The first kappa shape index (κ1) is 10.3. The van der Waals surface area contributed by atoms with Crippen LogP contribution >= 0.6 is 0 Å². The van der Waals surface area contributed by atoms with E-state index in [1.165, 1.54) is 26.2 Å². The van der Waals surface area contributed by atoms with Gasteiger partial charge in [-0.3, -0.25) is 4.79 Å². The van der Waals surface area contributed by atoms with E-state index in [0.717, 1.165) is 12.8 Å². The van der Waals surface area contributed by atoms with Gasteiger partial charge in [0.1, 0.15) is 6.61 Å². The van der Waals surface area contributed by atoms with Gasteiger partial charge in [0.15, 0.2) is 0 Å². The lowest BCUT2D eigenvalue weighted by Gasteiger charge is -2.33. The van der Waals surface area contributed by atoms with Crippen LogP contribution in [0, 0.1) is 5.41 Å². The predicted molar refractivity (Wildman–Crippen MR) is 52.3 cm³/mol. The van der Waals surface area contributed by atoms with Crippen LogP contribution in [-0.2, 0) is 9.53 Å². The molecule has 2 heteroatoms. The number of hydrogen-bond acceptors (Lipinski definition) is 2. The Bertz CT molecular complexity index is 190. The maximum Gasteiger partial charge on any atom is 0.302 e. The first-order chi connectivity index (χ1) is 6.18. The summed E-state index contributed by atoms with van der Waals surface area (Å²) in [5.41, 5.74) is 0.0733. The molecule has 1 saturated carbocycles. The highest BCUT2D eigenvalue weighted by atomic mass is 16.5. The van der Waals surface area contributed by atoms with Gasteiger partial charge in [-0.15, -0.1) is 6.58 Å². The normalized spacial score (nSPS) is 20.7. The fourth-order valence-corrected chi connectivity index (χ4v) is 1.91. The summed E-state index contributed by atoms with van der Waals surface area (Å²) in [6.07, 6.45) is 7.96. The van der Waals surface area contributed by atoms with Crippen LogP contribution in [0.3, 0.4) is 0 Å². The van der Waals surface area contributed by atoms with Crippen molar-refractivity contribution in [3.8, 4) is 0 Å². The third-order valence-corrected chi connectivity index (χ3v) is 2.85. The summed E-state index contributed by atoms with van der Waals surface area (Å²) in [6.45, 7) is 5.82. The Morgan fingerprint density at radius 3 is 2.54 bits per heavy atom. The number of rotatable bonds is 3. The molecule has 0 aliphatic heterocycles. The lowest BCUT2D eigenvalue weighted by Crippen LogP contribution is -2.28. The molecule has 0 spiro atoms. The molecule has 0 heterocycles. The van der Waals surface area contributed by atoms with Crippen LogP contribution < -0.4 is 0 Å². The molecule has 74 valence electrons. The fourth-order valence-electron chi connectivity index (χ4n) is 1.91. The van der Waals surface area contributed by atoms with Gasteiger partial charge in [-0.2, -0.15) is 0 Å². The summed E-state index contributed by atoms with van der Waals surface area (Å²) in [7, 11) is 0. The van der Waals surface area contributed by atoms with Crippen molar-refractivity contribution < 1.29 is 9.53 Å². The van der Waals surface area contributed by atoms with E-state index < -0.39 is 0 Å². The summed E-state index contributed by atoms with van der Waals surface area (Å²) in [5, 5.41) is 0. The van der Waals surface area contributed by atoms with Crippen LogP contribution in [-0.4, -0.2) is 12.6 Å². The van der Waals surface area contributed by atoms with Crippen molar-refractivity contribution in [2.75, 3.05) is 6.61 Å². The zero-order valence-electron chi connectivity index (χ0n) is 8.34. The summed E-state index contributed by atoms with van der Waals surface area (Å²) in [6, 6.07) is 0. The van der Waals surface area contributed by atoms with E-state index in [-0.39, 0.29) is 11.4 Å². The zero-order valence-corrected chi connectivity index (χ0v) is 8.34. The monoisotopic (exact) mass is 182 g/mol. The number of ether oxygens (including phenoxy) is 1. The quantitative estimate of drug-likeness (QED) is 0.495. The SMILES string of the molecule is C=CC1(COC(C)=O)CCCCC1. The molecule has 0 unspecified atom stereocenters. The van der Waals surface area contributed by atoms with Gasteiger partial charge in [0.2, 0.25) is 0 Å². The predicted octanol–water partition coefficient (Wildman–Crippen LogP) is 2.69. The molecular weight excluding hydrogens is 164 g/mol. The van der Waals surface area contributed by atoms with E-state index in [1.54, 1.807) is 0 Å². The maximum absolute atomic E-state index is 10.7. The largest absolute Gasteiger partial charge is 0.465 e. The Hall–Kier alpha value is -0.790. The molecule has 1 fully saturated rings. The van der Waals surface area contributed by atoms with Crippen molar-refractivity contribution in [2.24, 2.45) is 5.41 Å². The summed E-state index contributed by atoms with van der Waals surface area (Å²) in [5.74, 6) is -0.188. The maximum atomic E-state index is 10.7. The Morgan fingerprint density at radius 1 is 1.46 bits per heavy atom. The van der Waals surface area contributed by atoms with Gasteiger partial charge in [0.25, 0.3) is 0 Å². The smallest absolute Gasteiger partial charge is 0.302 e. The third-order valence-electron chi connectivity index (χ3n) is 2.85. The molecule has 1 aliphatic rings. The van der Waals surface area contributed by atoms with Gasteiger partial charge in [-0.25, -0.2) is 0 Å². The first-order valence-electron chi connectivity index (χ1n) is 4.95. The molecule has 0 radical (unpaired) electrons. The van der Waals surface area contributed by atoms with E-state index >= 15 is 0 Å². The molecule has 0 bridgehead atoms. The second-order valence-electron chi connectivity index (χ2n) is 3.91. The summed E-state index contributed by atoms with van der Waals surface area (Å²) >= 11 is 0. The van der Waals surface area contributed by atoms with Gasteiger partial charge in [0.05, 0.1) is 0 Å². The second-order valence-corrected chi connectivity index (χ2v) is 3.91. The lowest BCUT2D eigenvalue weighted by molar-refractivity contribution is -0.144. The van der Waals surface area contributed by atoms with Crippen molar-refractivity contribution in [3.63, 3.8) is 0 Å². The molecule has 0 atom stereocenters. The molecular formula is C11H18O2. The average molecular weight is 182 g/mol. The van der Waals surface area contributed by atoms with Gasteiger partial charge in [-0.05, 0) is 12.8 Å². The number of esters is 1. The Kier molecular flexibility index (Phi) is 3.52. The minimum atomic E-state index is -0.188. The van der Waals surface area contributed by atoms with Crippen LogP contribution in [0.1, 0.15) is 39.0 Å². The Morgan fingerprint density at radius 2 is 2.08 bits per heavy atom. The molecule has 0 N–H and O–H groups in total. The van der Waals surface area contributed by atoms with E-state index in [2.05, 4.69) is 6.58 Å². The van der Waals surface area contributed by atoms with Gasteiger partial charge in [0, 0.05) is 12.3 Å². The standard InChI is InChI=1S/C11H18O2/c1-3-11(9-13-10(2)12)7-5-4-6-8-11/h3H,1,4-9H2,2H3. The van der Waals surface area contributed by atoms with Gasteiger partial charge < -0.3 is 4.74 Å². The van der Waals surface area contributed by atoms with Gasteiger partial charge in [-0.1, -0.05) is 25.3 Å². The van der Waals surface area contributed by atoms with Crippen molar-refractivity contribution in [3.05, 3.63) is 12.7 Å². The van der Waals surface area contributed by atoms with Crippen molar-refractivity contribution in [2.45, 2.75) is 39.0 Å².